The fourth-order valence-corrected chi connectivity index (χ4v) is 3.35. The van der Waals surface area contributed by atoms with E-state index >= 15 is 0 Å². The fraction of sp³-hybridized carbons (Fsp3) is 0.300. The van der Waals surface area contributed by atoms with Gasteiger partial charge in [-0.2, -0.15) is 0 Å². The van der Waals surface area contributed by atoms with Crippen LogP contribution in [-0.2, 0) is 11.8 Å². The highest BCUT2D eigenvalue weighted by atomic mass is 19.1. The summed E-state index contributed by atoms with van der Waals surface area (Å²) in [7, 11) is 0. The van der Waals surface area contributed by atoms with Crippen molar-refractivity contribution in [1.29, 1.82) is 0 Å². The van der Waals surface area contributed by atoms with Crippen LogP contribution >= 0.6 is 0 Å². The molecule has 0 saturated heterocycles. The van der Waals surface area contributed by atoms with Crippen molar-refractivity contribution in [3.05, 3.63) is 53.6 Å². The number of halogens is 1. The number of aryl methyl sites for hydroxylation is 1. The van der Waals surface area contributed by atoms with E-state index in [9.17, 15) is 4.39 Å². The van der Waals surface area contributed by atoms with Gasteiger partial charge in [-0.1, -0.05) is 39.8 Å². The maximum Gasteiger partial charge on any atom is 0.149 e. The van der Waals surface area contributed by atoms with Gasteiger partial charge in [0.25, 0.3) is 0 Å². The third kappa shape index (κ3) is 2.09. The minimum Gasteiger partial charge on any atom is -0.279 e. The first-order chi connectivity index (χ1) is 11.4. The molecule has 0 spiro atoms. The van der Waals surface area contributed by atoms with Gasteiger partial charge in [-0.05, 0) is 30.2 Å². The Morgan fingerprint density at radius 3 is 2.50 bits per heavy atom. The van der Waals surface area contributed by atoms with Gasteiger partial charge in [0.1, 0.15) is 17.3 Å². The Hall–Kier alpha value is -2.49. The average Bonchev–Trinajstić information content (AvgIpc) is 2.91. The number of hydrogen-bond donors (Lipinski definition) is 0. The molecular weight excluding hydrogens is 301 g/mol. The third-order valence-electron chi connectivity index (χ3n) is 4.44. The van der Waals surface area contributed by atoms with Crippen LogP contribution in [0.5, 0.6) is 0 Å². The molecule has 2 heterocycles. The van der Waals surface area contributed by atoms with Crippen molar-refractivity contribution in [1.82, 2.24) is 14.4 Å². The minimum absolute atomic E-state index is 0.186. The van der Waals surface area contributed by atoms with Crippen LogP contribution in [-0.4, -0.2) is 14.4 Å². The van der Waals surface area contributed by atoms with Crippen molar-refractivity contribution >= 4 is 27.6 Å². The zero-order valence-corrected chi connectivity index (χ0v) is 14.4. The zero-order chi connectivity index (χ0) is 17.1. The second-order valence-corrected chi connectivity index (χ2v) is 7.26. The number of nitrogens with zero attached hydrogens (tertiary/aromatic N) is 3. The van der Waals surface area contributed by atoms with E-state index in [0.29, 0.717) is 5.52 Å². The summed E-state index contributed by atoms with van der Waals surface area (Å²) < 4.78 is 16.2. The van der Waals surface area contributed by atoms with E-state index in [4.69, 9.17) is 9.97 Å². The molecule has 0 fully saturated rings. The molecule has 0 aliphatic carbocycles. The summed E-state index contributed by atoms with van der Waals surface area (Å²) in [4.78, 5) is 9.71. The summed E-state index contributed by atoms with van der Waals surface area (Å²) in [6, 6.07) is 11.2. The van der Waals surface area contributed by atoms with E-state index in [1.807, 2.05) is 25.1 Å². The highest BCUT2D eigenvalue weighted by molar-refractivity contribution is 5.98. The van der Waals surface area contributed by atoms with Gasteiger partial charge in [0.2, 0.25) is 0 Å². The normalized spacial score (nSPS) is 12.5. The number of para-hydroxylation sites is 2. The van der Waals surface area contributed by atoms with E-state index in [-0.39, 0.29) is 11.2 Å². The van der Waals surface area contributed by atoms with Crippen LogP contribution in [0.3, 0.4) is 0 Å². The van der Waals surface area contributed by atoms with Crippen LogP contribution in [0.25, 0.3) is 27.6 Å². The van der Waals surface area contributed by atoms with Gasteiger partial charge in [0.05, 0.1) is 16.6 Å². The number of fused-ring (bicyclic) bond motifs is 5. The molecule has 0 radical (unpaired) electrons. The summed E-state index contributed by atoms with van der Waals surface area (Å²) in [6.07, 6.45) is 0.740. The SMILES string of the molecule is CCc1cc(F)cc2nc(C(C)(C)C)n3c4ccccc4nc3c12. The molecule has 0 atom stereocenters. The van der Waals surface area contributed by atoms with Gasteiger partial charge in [0, 0.05) is 16.9 Å². The van der Waals surface area contributed by atoms with E-state index < -0.39 is 0 Å². The Bertz CT molecular complexity index is 1090. The molecule has 3 nitrogen and oxygen atoms in total. The second-order valence-electron chi connectivity index (χ2n) is 7.26. The monoisotopic (exact) mass is 321 g/mol. The quantitative estimate of drug-likeness (QED) is 0.492. The highest BCUT2D eigenvalue weighted by Crippen LogP contribution is 2.32. The van der Waals surface area contributed by atoms with Crippen LogP contribution in [0, 0.1) is 5.82 Å². The van der Waals surface area contributed by atoms with Crippen LogP contribution in [0.2, 0.25) is 0 Å². The van der Waals surface area contributed by atoms with Gasteiger partial charge in [0.15, 0.2) is 0 Å². The van der Waals surface area contributed by atoms with Gasteiger partial charge < -0.3 is 0 Å². The van der Waals surface area contributed by atoms with Crippen molar-refractivity contribution in [2.75, 3.05) is 0 Å². The predicted molar refractivity (Wildman–Crippen MR) is 96.0 cm³/mol. The van der Waals surface area contributed by atoms with Crippen molar-refractivity contribution in [3.8, 4) is 0 Å². The Morgan fingerprint density at radius 1 is 1.04 bits per heavy atom. The molecule has 4 rings (SSSR count). The summed E-state index contributed by atoms with van der Waals surface area (Å²) in [5.74, 6) is 0.651. The van der Waals surface area contributed by atoms with E-state index in [1.54, 1.807) is 6.07 Å². The number of hydrogen-bond acceptors (Lipinski definition) is 2. The lowest BCUT2D eigenvalue weighted by atomic mass is 9.94. The van der Waals surface area contributed by atoms with Gasteiger partial charge in [-0.25, -0.2) is 14.4 Å². The third-order valence-corrected chi connectivity index (χ3v) is 4.44. The molecule has 0 saturated carbocycles. The molecule has 2 aromatic carbocycles. The van der Waals surface area contributed by atoms with E-state index in [1.165, 1.54) is 6.07 Å². The number of rotatable bonds is 1. The first-order valence-electron chi connectivity index (χ1n) is 8.30. The fourth-order valence-electron chi connectivity index (χ4n) is 3.35. The lowest BCUT2D eigenvalue weighted by Gasteiger charge is -2.21. The number of benzene rings is 2. The van der Waals surface area contributed by atoms with Crippen LogP contribution in [0.1, 0.15) is 39.1 Å². The van der Waals surface area contributed by atoms with Crippen molar-refractivity contribution in [3.63, 3.8) is 0 Å². The molecule has 0 aliphatic heterocycles. The summed E-state index contributed by atoms with van der Waals surface area (Å²) in [5, 5.41) is 0.947. The summed E-state index contributed by atoms with van der Waals surface area (Å²) in [6.45, 7) is 8.39. The molecule has 0 unspecified atom stereocenters. The first kappa shape index (κ1) is 15.1. The van der Waals surface area contributed by atoms with Gasteiger partial charge in [-0.15, -0.1) is 0 Å². The number of imidazole rings is 1. The molecule has 0 amide bonds. The molecule has 4 aromatic rings. The Kier molecular flexibility index (Phi) is 3.14. The van der Waals surface area contributed by atoms with Gasteiger partial charge in [-0.3, -0.25) is 4.40 Å². The lowest BCUT2D eigenvalue weighted by Crippen LogP contribution is -2.19. The molecule has 122 valence electrons. The smallest absolute Gasteiger partial charge is 0.149 e. The van der Waals surface area contributed by atoms with E-state index in [0.717, 1.165) is 39.9 Å². The average molecular weight is 321 g/mol. The molecular formula is C20H20FN3. The van der Waals surface area contributed by atoms with Crippen LogP contribution in [0.15, 0.2) is 36.4 Å². The Morgan fingerprint density at radius 2 is 1.79 bits per heavy atom. The summed E-state index contributed by atoms with van der Waals surface area (Å²) >= 11 is 0. The number of aromatic nitrogens is 3. The summed E-state index contributed by atoms with van der Waals surface area (Å²) in [5.41, 5.74) is 4.27. The second kappa shape index (κ2) is 5.00. The Labute approximate surface area is 140 Å². The van der Waals surface area contributed by atoms with Crippen LogP contribution < -0.4 is 0 Å². The maximum absolute atomic E-state index is 14.0. The molecule has 0 bridgehead atoms. The predicted octanol–water partition coefficient (Wildman–Crippen LogP) is 5.03. The molecule has 4 heteroatoms. The molecule has 2 aromatic heterocycles. The zero-order valence-electron chi connectivity index (χ0n) is 14.4. The van der Waals surface area contributed by atoms with Gasteiger partial charge >= 0.3 is 0 Å². The first-order valence-corrected chi connectivity index (χ1v) is 8.30. The largest absolute Gasteiger partial charge is 0.279 e. The molecule has 24 heavy (non-hydrogen) atoms. The van der Waals surface area contributed by atoms with Crippen molar-refractivity contribution < 1.29 is 4.39 Å². The van der Waals surface area contributed by atoms with Crippen LogP contribution in [0.4, 0.5) is 4.39 Å². The van der Waals surface area contributed by atoms with Crippen molar-refractivity contribution in [2.24, 2.45) is 0 Å². The standard InChI is InChI=1S/C20H20FN3/c1-5-12-10-13(21)11-15-17(12)18-22-14-8-6-7-9-16(14)24(18)19(23-15)20(2,3)4/h6-11H,5H2,1-4H3. The maximum atomic E-state index is 14.0. The van der Waals surface area contributed by atoms with Crippen molar-refractivity contribution in [2.45, 2.75) is 39.5 Å². The molecule has 0 N–H and O–H groups in total. The molecule has 0 aliphatic rings. The highest BCUT2D eigenvalue weighted by Gasteiger charge is 2.24. The minimum atomic E-state index is -0.243. The topological polar surface area (TPSA) is 30.2 Å². The Balaban J connectivity index is 2.33. The van der Waals surface area contributed by atoms with E-state index in [2.05, 4.69) is 31.2 Å². The lowest BCUT2D eigenvalue weighted by molar-refractivity contribution is 0.542.